The molecule has 14 heavy (non-hydrogen) atoms. The van der Waals surface area contributed by atoms with Gasteiger partial charge in [-0.3, -0.25) is 0 Å². The van der Waals surface area contributed by atoms with Crippen molar-refractivity contribution in [3.05, 3.63) is 0 Å². The molecule has 0 aliphatic heterocycles. The van der Waals surface area contributed by atoms with E-state index < -0.39 is 0 Å². The van der Waals surface area contributed by atoms with Gasteiger partial charge in [0, 0.05) is 6.04 Å². The minimum Gasteiger partial charge on any atom is -0.392 e. The molecule has 2 N–H and O–H groups in total. The third-order valence-electron chi connectivity index (χ3n) is 3.45. The highest BCUT2D eigenvalue weighted by Gasteiger charge is 2.27. The lowest BCUT2D eigenvalue weighted by atomic mass is 9.80. The Bertz CT molecular complexity index is 158. The fraction of sp³-hybridized carbons (Fsp3) is 1.00. The fourth-order valence-electron chi connectivity index (χ4n) is 2.38. The highest BCUT2D eigenvalue weighted by Crippen LogP contribution is 2.29. The van der Waals surface area contributed by atoms with Crippen molar-refractivity contribution in [3.8, 4) is 0 Å². The predicted octanol–water partition coefficient (Wildman–Crippen LogP) is 2.17. The second-order valence-corrected chi connectivity index (χ2v) is 5.11. The van der Waals surface area contributed by atoms with Crippen LogP contribution in [0.5, 0.6) is 0 Å². The van der Waals surface area contributed by atoms with Crippen molar-refractivity contribution >= 4 is 0 Å². The molecule has 1 aliphatic carbocycles. The summed E-state index contributed by atoms with van der Waals surface area (Å²) >= 11 is 0. The summed E-state index contributed by atoms with van der Waals surface area (Å²) in [5.41, 5.74) is 0. The molecule has 0 radical (unpaired) electrons. The minimum absolute atomic E-state index is 0.115. The molecule has 1 saturated carbocycles. The van der Waals surface area contributed by atoms with E-state index in [1.165, 1.54) is 19.3 Å². The maximum absolute atomic E-state index is 9.70. The van der Waals surface area contributed by atoms with Gasteiger partial charge in [-0.25, -0.2) is 0 Å². The Labute approximate surface area is 88.1 Å². The molecule has 0 amide bonds. The van der Waals surface area contributed by atoms with Crippen LogP contribution in [0.15, 0.2) is 0 Å². The lowest BCUT2D eigenvalue weighted by Gasteiger charge is -2.33. The molecular formula is C12H25NO. The summed E-state index contributed by atoms with van der Waals surface area (Å²) in [6, 6.07) is 0.334. The maximum atomic E-state index is 9.70. The number of hydrogen-bond donors (Lipinski definition) is 2. The van der Waals surface area contributed by atoms with Crippen molar-refractivity contribution in [1.82, 2.24) is 5.32 Å². The molecule has 3 unspecified atom stereocenters. The summed E-state index contributed by atoms with van der Waals surface area (Å²) in [5, 5.41) is 12.9. The van der Waals surface area contributed by atoms with Crippen molar-refractivity contribution in [1.29, 1.82) is 0 Å². The summed E-state index contributed by atoms with van der Waals surface area (Å²) in [5.74, 6) is 1.65. The Kier molecular flexibility index (Phi) is 4.90. The summed E-state index contributed by atoms with van der Waals surface area (Å²) in [6.07, 6.45) is 5.90. The Morgan fingerprint density at radius 3 is 2.64 bits per heavy atom. The van der Waals surface area contributed by atoms with Crippen molar-refractivity contribution in [3.63, 3.8) is 0 Å². The predicted molar refractivity (Wildman–Crippen MR) is 60.3 cm³/mol. The number of likely N-dealkylation sites (N-methyl/N-ethyl adjacent to an activating group) is 1. The van der Waals surface area contributed by atoms with Crippen LogP contribution in [0.3, 0.4) is 0 Å². The zero-order valence-corrected chi connectivity index (χ0v) is 9.79. The lowest BCUT2D eigenvalue weighted by molar-refractivity contribution is 0.0703. The van der Waals surface area contributed by atoms with E-state index in [0.717, 1.165) is 24.7 Å². The number of hydrogen-bond acceptors (Lipinski definition) is 2. The quantitative estimate of drug-likeness (QED) is 0.727. The lowest BCUT2D eigenvalue weighted by Crippen LogP contribution is -2.42. The van der Waals surface area contributed by atoms with E-state index in [9.17, 15) is 5.11 Å². The van der Waals surface area contributed by atoms with Gasteiger partial charge in [-0.2, -0.15) is 0 Å². The van der Waals surface area contributed by atoms with Gasteiger partial charge in [0.15, 0.2) is 0 Å². The second kappa shape index (κ2) is 5.72. The van der Waals surface area contributed by atoms with Gasteiger partial charge in [-0.05, 0) is 38.1 Å². The standard InChI is InChI=1S/C12H25NO/c1-9(2)4-5-10-6-7-12(14)11(8-10)13-3/h9-14H,4-8H2,1-3H3. The van der Waals surface area contributed by atoms with Crippen LogP contribution in [0.1, 0.15) is 46.0 Å². The van der Waals surface area contributed by atoms with Gasteiger partial charge in [-0.15, -0.1) is 0 Å². The van der Waals surface area contributed by atoms with Gasteiger partial charge < -0.3 is 10.4 Å². The van der Waals surface area contributed by atoms with Crippen LogP contribution in [0, 0.1) is 11.8 Å². The van der Waals surface area contributed by atoms with E-state index in [1.54, 1.807) is 0 Å². The topological polar surface area (TPSA) is 32.3 Å². The average Bonchev–Trinajstić information content (AvgIpc) is 2.16. The van der Waals surface area contributed by atoms with Crippen LogP contribution in [0.2, 0.25) is 0 Å². The molecule has 0 spiro atoms. The monoisotopic (exact) mass is 199 g/mol. The van der Waals surface area contributed by atoms with Crippen LogP contribution in [-0.4, -0.2) is 24.3 Å². The Balaban J connectivity index is 2.27. The molecule has 84 valence electrons. The summed E-state index contributed by atoms with van der Waals surface area (Å²) < 4.78 is 0. The molecule has 2 nitrogen and oxygen atoms in total. The van der Waals surface area contributed by atoms with E-state index in [0.29, 0.717) is 6.04 Å². The first kappa shape index (κ1) is 12.0. The second-order valence-electron chi connectivity index (χ2n) is 5.11. The molecule has 1 aliphatic rings. The van der Waals surface area contributed by atoms with E-state index in [-0.39, 0.29) is 6.10 Å². The number of nitrogens with one attached hydrogen (secondary N) is 1. The molecule has 1 rings (SSSR count). The molecular weight excluding hydrogens is 174 g/mol. The largest absolute Gasteiger partial charge is 0.392 e. The third-order valence-corrected chi connectivity index (χ3v) is 3.45. The molecule has 0 aromatic heterocycles. The van der Waals surface area contributed by atoms with E-state index in [2.05, 4.69) is 19.2 Å². The fourth-order valence-corrected chi connectivity index (χ4v) is 2.38. The van der Waals surface area contributed by atoms with Gasteiger partial charge in [0.1, 0.15) is 0 Å². The van der Waals surface area contributed by atoms with E-state index in [1.807, 2.05) is 7.05 Å². The Morgan fingerprint density at radius 2 is 2.07 bits per heavy atom. The molecule has 3 atom stereocenters. The summed E-state index contributed by atoms with van der Waals surface area (Å²) in [6.45, 7) is 4.57. The van der Waals surface area contributed by atoms with Crippen molar-refractivity contribution in [2.24, 2.45) is 11.8 Å². The number of aliphatic hydroxyl groups excluding tert-OH is 1. The van der Waals surface area contributed by atoms with Crippen LogP contribution in [0.25, 0.3) is 0 Å². The van der Waals surface area contributed by atoms with Gasteiger partial charge in [0.2, 0.25) is 0 Å². The summed E-state index contributed by atoms with van der Waals surface area (Å²) in [7, 11) is 1.96. The van der Waals surface area contributed by atoms with Gasteiger partial charge in [0.05, 0.1) is 6.10 Å². The SMILES string of the molecule is CNC1CC(CCC(C)C)CCC1O. The summed E-state index contributed by atoms with van der Waals surface area (Å²) in [4.78, 5) is 0. The highest BCUT2D eigenvalue weighted by atomic mass is 16.3. The minimum atomic E-state index is -0.115. The van der Waals surface area contributed by atoms with Gasteiger partial charge in [-0.1, -0.05) is 26.7 Å². The van der Waals surface area contributed by atoms with Crippen LogP contribution < -0.4 is 5.32 Å². The number of aliphatic hydroxyl groups is 1. The smallest absolute Gasteiger partial charge is 0.0693 e. The van der Waals surface area contributed by atoms with Crippen LogP contribution >= 0.6 is 0 Å². The Hall–Kier alpha value is -0.0800. The van der Waals surface area contributed by atoms with E-state index in [4.69, 9.17) is 0 Å². The molecule has 0 aromatic rings. The first-order valence-electron chi connectivity index (χ1n) is 5.98. The normalized spacial score (nSPS) is 33.6. The zero-order valence-electron chi connectivity index (χ0n) is 9.79. The van der Waals surface area contributed by atoms with Gasteiger partial charge in [0.25, 0.3) is 0 Å². The van der Waals surface area contributed by atoms with Gasteiger partial charge >= 0.3 is 0 Å². The molecule has 1 fully saturated rings. The molecule has 0 bridgehead atoms. The van der Waals surface area contributed by atoms with Crippen molar-refractivity contribution in [2.75, 3.05) is 7.05 Å². The first-order chi connectivity index (χ1) is 6.63. The maximum Gasteiger partial charge on any atom is 0.0693 e. The highest BCUT2D eigenvalue weighted by molar-refractivity contribution is 4.83. The zero-order chi connectivity index (χ0) is 10.6. The molecule has 0 aromatic carbocycles. The van der Waals surface area contributed by atoms with Crippen LogP contribution in [-0.2, 0) is 0 Å². The van der Waals surface area contributed by atoms with Crippen LogP contribution in [0.4, 0.5) is 0 Å². The van der Waals surface area contributed by atoms with E-state index >= 15 is 0 Å². The van der Waals surface area contributed by atoms with Crippen molar-refractivity contribution < 1.29 is 5.11 Å². The molecule has 0 heterocycles. The average molecular weight is 199 g/mol. The Morgan fingerprint density at radius 1 is 1.36 bits per heavy atom. The molecule has 2 heteroatoms. The number of rotatable bonds is 4. The van der Waals surface area contributed by atoms with Crippen molar-refractivity contribution in [2.45, 2.75) is 58.1 Å². The third kappa shape index (κ3) is 3.58. The molecule has 0 saturated heterocycles. The first-order valence-corrected chi connectivity index (χ1v) is 5.98.